The zero-order chi connectivity index (χ0) is 14.5. The monoisotopic (exact) mass is 274 g/mol. The summed E-state index contributed by atoms with van der Waals surface area (Å²) in [5.41, 5.74) is 0.827. The number of benzene rings is 1. The van der Waals surface area contributed by atoms with Gasteiger partial charge in [-0.3, -0.25) is 4.79 Å². The first-order valence-electron chi connectivity index (χ1n) is 6.57. The molecule has 0 bridgehead atoms. The van der Waals surface area contributed by atoms with E-state index in [1.807, 2.05) is 6.07 Å². The second kappa shape index (κ2) is 6.29. The van der Waals surface area contributed by atoms with Gasteiger partial charge in [-0.25, -0.2) is 0 Å². The van der Waals surface area contributed by atoms with Crippen LogP contribution >= 0.6 is 0 Å². The van der Waals surface area contributed by atoms with Gasteiger partial charge < -0.3 is 14.8 Å². The molecule has 0 aliphatic heterocycles. The Morgan fingerprint density at radius 3 is 2.65 bits per heavy atom. The Morgan fingerprint density at radius 2 is 2.10 bits per heavy atom. The Kier molecular flexibility index (Phi) is 4.46. The molecule has 20 heavy (non-hydrogen) atoms. The van der Waals surface area contributed by atoms with Gasteiger partial charge in [0, 0.05) is 0 Å². The number of nitrogens with zero attached hydrogens (tertiary/aromatic N) is 1. The lowest BCUT2D eigenvalue weighted by Gasteiger charge is -2.12. The second-order valence-electron chi connectivity index (χ2n) is 4.88. The van der Waals surface area contributed by atoms with E-state index in [1.165, 1.54) is 0 Å². The van der Waals surface area contributed by atoms with Gasteiger partial charge in [0.1, 0.15) is 6.04 Å². The van der Waals surface area contributed by atoms with Crippen molar-refractivity contribution in [1.29, 1.82) is 5.26 Å². The Labute approximate surface area is 118 Å². The van der Waals surface area contributed by atoms with E-state index in [0.29, 0.717) is 17.4 Å². The molecule has 5 nitrogen and oxygen atoms in total. The highest BCUT2D eigenvalue weighted by Crippen LogP contribution is 2.32. The van der Waals surface area contributed by atoms with Crippen molar-refractivity contribution in [1.82, 2.24) is 5.32 Å². The zero-order valence-electron chi connectivity index (χ0n) is 11.7. The van der Waals surface area contributed by atoms with E-state index in [2.05, 4.69) is 11.4 Å². The highest BCUT2D eigenvalue weighted by atomic mass is 16.5. The molecule has 1 aromatic rings. The standard InChI is InChI=1S/C15H18N2O3/c1-19-13-6-3-10(7-14(13)20-2)8-15(18)17-12(9-16)11-4-5-11/h3,6-7,11-12H,4-5,8H2,1-2H3,(H,17,18). The third-order valence-corrected chi connectivity index (χ3v) is 3.36. The molecule has 1 unspecified atom stereocenters. The SMILES string of the molecule is COc1ccc(CC(=O)NC(C#N)C2CC2)cc1OC. The molecule has 0 radical (unpaired) electrons. The summed E-state index contributed by atoms with van der Waals surface area (Å²) in [6, 6.07) is 7.15. The molecule has 106 valence electrons. The number of rotatable bonds is 6. The summed E-state index contributed by atoms with van der Waals surface area (Å²) in [6.45, 7) is 0. The van der Waals surface area contributed by atoms with Crippen LogP contribution in [0.3, 0.4) is 0 Å². The molecule has 0 aromatic heterocycles. The fourth-order valence-corrected chi connectivity index (χ4v) is 2.09. The summed E-state index contributed by atoms with van der Waals surface area (Å²) in [7, 11) is 3.12. The highest BCUT2D eigenvalue weighted by molar-refractivity contribution is 5.79. The third-order valence-electron chi connectivity index (χ3n) is 3.36. The van der Waals surface area contributed by atoms with E-state index in [4.69, 9.17) is 14.7 Å². The van der Waals surface area contributed by atoms with Crippen LogP contribution in [0.25, 0.3) is 0 Å². The quantitative estimate of drug-likeness (QED) is 0.856. The number of amides is 1. The van der Waals surface area contributed by atoms with Crippen LogP contribution in [0.1, 0.15) is 18.4 Å². The molecule has 5 heteroatoms. The second-order valence-corrected chi connectivity index (χ2v) is 4.88. The van der Waals surface area contributed by atoms with Crippen LogP contribution in [0.15, 0.2) is 18.2 Å². The van der Waals surface area contributed by atoms with E-state index in [1.54, 1.807) is 26.4 Å². The lowest BCUT2D eigenvalue weighted by molar-refractivity contribution is -0.120. The van der Waals surface area contributed by atoms with Gasteiger partial charge in [0.2, 0.25) is 5.91 Å². The lowest BCUT2D eigenvalue weighted by atomic mass is 10.1. The summed E-state index contributed by atoms with van der Waals surface area (Å²) < 4.78 is 10.3. The Hall–Kier alpha value is -2.22. The molecular formula is C15H18N2O3. The maximum Gasteiger partial charge on any atom is 0.225 e. The van der Waals surface area contributed by atoms with Crippen molar-refractivity contribution >= 4 is 5.91 Å². The topological polar surface area (TPSA) is 71.3 Å². The number of hydrogen-bond acceptors (Lipinski definition) is 4. The van der Waals surface area contributed by atoms with E-state index in [-0.39, 0.29) is 18.4 Å². The molecule has 1 amide bonds. The van der Waals surface area contributed by atoms with Gasteiger partial charge in [0.15, 0.2) is 11.5 Å². The highest BCUT2D eigenvalue weighted by Gasteiger charge is 2.32. The molecule has 1 atom stereocenters. The lowest BCUT2D eigenvalue weighted by Crippen LogP contribution is -2.36. The van der Waals surface area contributed by atoms with Crippen LogP contribution in [0.4, 0.5) is 0 Å². The maximum absolute atomic E-state index is 11.9. The van der Waals surface area contributed by atoms with Gasteiger partial charge in [0.25, 0.3) is 0 Å². The smallest absolute Gasteiger partial charge is 0.225 e. The summed E-state index contributed by atoms with van der Waals surface area (Å²) in [5.74, 6) is 1.41. The van der Waals surface area contributed by atoms with Crippen molar-refractivity contribution in [2.45, 2.75) is 25.3 Å². The minimum Gasteiger partial charge on any atom is -0.493 e. The Bertz CT molecular complexity index is 532. The normalized spacial score (nSPS) is 15.1. The molecule has 1 aliphatic carbocycles. The van der Waals surface area contributed by atoms with Gasteiger partial charge in [-0.05, 0) is 36.5 Å². The number of carbonyl (C=O) groups excluding carboxylic acids is 1. The van der Waals surface area contributed by atoms with E-state index in [0.717, 1.165) is 18.4 Å². The number of hydrogen-bond donors (Lipinski definition) is 1. The number of carbonyl (C=O) groups is 1. The molecule has 0 spiro atoms. The minimum atomic E-state index is -0.359. The number of methoxy groups -OCH3 is 2. The van der Waals surface area contributed by atoms with Gasteiger partial charge >= 0.3 is 0 Å². The average molecular weight is 274 g/mol. The van der Waals surface area contributed by atoms with Crippen LogP contribution < -0.4 is 14.8 Å². The van der Waals surface area contributed by atoms with Crippen LogP contribution in [-0.2, 0) is 11.2 Å². The number of nitrogens with one attached hydrogen (secondary N) is 1. The van der Waals surface area contributed by atoms with Gasteiger partial charge in [-0.2, -0.15) is 5.26 Å². The van der Waals surface area contributed by atoms with Crippen molar-refractivity contribution in [2.75, 3.05) is 14.2 Å². The first kappa shape index (κ1) is 14.2. The van der Waals surface area contributed by atoms with E-state index in [9.17, 15) is 4.79 Å². The third kappa shape index (κ3) is 3.41. The number of ether oxygens (including phenoxy) is 2. The van der Waals surface area contributed by atoms with Gasteiger partial charge in [-0.15, -0.1) is 0 Å². The average Bonchev–Trinajstić information content (AvgIpc) is 3.29. The molecule has 1 fully saturated rings. The summed E-state index contributed by atoms with van der Waals surface area (Å²) >= 11 is 0. The zero-order valence-corrected chi connectivity index (χ0v) is 11.7. The van der Waals surface area contributed by atoms with Crippen LogP contribution in [-0.4, -0.2) is 26.2 Å². The van der Waals surface area contributed by atoms with Crippen LogP contribution in [0.2, 0.25) is 0 Å². The fourth-order valence-electron chi connectivity index (χ4n) is 2.09. The van der Waals surface area contributed by atoms with Crippen molar-refractivity contribution in [3.05, 3.63) is 23.8 Å². The molecule has 1 saturated carbocycles. The molecule has 1 aliphatic rings. The maximum atomic E-state index is 11.9. The van der Waals surface area contributed by atoms with Gasteiger partial charge in [0.05, 0.1) is 26.7 Å². The summed E-state index contributed by atoms with van der Waals surface area (Å²) in [5, 5.41) is 11.8. The molecule has 0 heterocycles. The number of nitriles is 1. The van der Waals surface area contributed by atoms with Crippen molar-refractivity contribution in [3.8, 4) is 17.6 Å². The largest absolute Gasteiger partial charge is 0.493 e. The summed E-state index contributed by atoms with van der Waals surface area (Å²) in [6.07, 6.45) is 2.27. The predicted molar refractivity (Wildman–Crippen MR) is 73.5 cm³/mol. The van der Waals surface area contributed by atoms with Crippen LogP contribution in [0.5, 0.6) is 11.5 Å². The first-order chi connectivity index (χ1) is 9.67. The molecule has 1 N–H and O–H groups in total. The van der Waals surface area contributed by atoms with E-state index >= 15 is 0 Å². The summed E-state index contributed by atoms with van der Waals surface area (Å²) in [4.78, 5) is 11.9. The van der Waals surface area contributed by atoms with Crippen LogP contribution in [0, 0.1) is 17.2 Å². The molecule has 2 rings (SSSR count). The molecular weight excluding hydrogens is 256 g/mol. The predicted octanol–water partition coefficient (Wildman–Crippen LogP) is 1.66. The molecule has 0 saturated heterocycles. The van der Waals surface area contributed by atoms with Crippen molar-refractivity contribution in [2.24, 2.45) is 5.92 Å². The minimum absolute atomic E-state index is 0.143. The van der Waals surface area contributed by atoms with Gasteiger partial charge in [-0.1, -0.05) is 6.07 Å². The fraction of sp³-hybridized carbons (Fsp3) is 0.467. The Morgan fingerprint density at radius 1 is 1.40 bits per heavy atom. The Balaban J connectivity index is 1.98. The van der Waals surface area contributed by atoms with E-state index < -0.39 is 0 Å². The van der Waals surface area contributed by atoms with Crippen molar-refractivity contribution < 1.29 is 14.3 Å². The van der Waals surface area contributed by atoms with Crippen molar-refractivity contribution in [3.63, 3.8) is 0 Å². The molecule has 1 aromatic carbocycles. The first-order valence-corrected chi connectivity index (χ1v) is 6.57.